The summed E-state index contributed by atoms with van der Waals surface area (Å²) in [7, 11) is 0. The fourth-order valence-corrected chi connectivity index (χ4v) is 4.52. The van der Waals surface area contributed by atoms with Crippen LogP contribution in [0.4, 0.5) is 0 Å². The summed E-state index contributed by atoms with van der Waals surface area (Å²) in [5.41, 5.74) is 6.74. The molecular weight excluding hydrogens is 286 g/mol. The number of rotatable bonds is 5. The second kappa shape index (κ2) is 7.20. The van der Waals surface area contributed by atoms with Crippen molar-refractivity contribution >= 4 is 6.21 Å². The molecule has 4 heteroatoms. The molecule has 2 rings (SSSR count). The molecule has 134 valence electrons. The second-order valence-electron chi connectivity index (χ2n) is 9.57. The molecule has 0 radical (unpaired) electrons. The van der Waals surface area contributed by atoms with Crippen LogP contribution in [0.5, 0.6) is 0 Å². The van der Waals surface area contributed by atoms with Gasteiger partial charge in [-0.15, -0.1) is 0 Å². The first-order valence-corrected chi connectivity index (χ1v) is 9.18. The first kappa shape index (κ1) is 18.9. The van der Waals surface area contributed by atoms with Crippen molar-refractivity contribution in [1.29, 1.82) is 0 Å². The average molecular weight is 324 g/mol. The lowest BCUT2D eigenvalue weighted by molar-refractivity contribution is 0.0288. The number of hydrogen-bond donors (Lipinski definition) is 1. The van der Waals surface area contributed by atoms with Gasteiger partial charge in [0.15, 0.2) is 0 Å². The second-order valence-corrected chi connectivity index (χ2v) is 9.57. The van der Waals surface area contributed by atoms with Crippen LogP contribution in [-0.4, -0.2) is 56.5 Å². The highest BCUT2D eigenvalue weighted by Crippen LogP contribution is 2.46. The minimum absolute atomic E-state index is 0.109. The van der Waals surface area contributed by atoms with E-state index in [0.29, 0.717) is 11.5 Å². The highest BCUT2D eigenvalue weighted by molar-refractivity contribution is 5.65. The third-order valence-electron chi connectivity index (χ3n) is 5.28. The molecule has 0 bridgehead atoms. The first-order chi connectivity index (χ1) is 10.6. The Labute approximate surface area is 142 Å². The monoisotopic (exact) mass is 323 g/mol. The van der Waals surface area contributed by atoms with Gasteiger partial charge >= 0.3 is 0 Å². The largest absolute Gasteiger partial charge is 0.379 e. The Hall–Kier alpha value is -0.450. The van der Waals surface area contributed by atoms with E-state index in [2.05, 4.69) is 45.7 Å². The molecular formula is C19H37N3O. The van der Waals surface area contributed by atoms with Gasteiger partial charge < -0.3 is 10.5 Å². The summed E-state index contributed by atoms with van der Waals surface area (Å²) in [6, 6.07) is 0.413. The van der Waals surface area contributed by atoms with Gasteiger partial charge in [0.05, 0.1) is 19.3 Å². The van der Waals surface area contributed by atoms with Gasteiger partial charge in [0, 0.05) is 31.3 Å². The van der Waals surface area contributed by atoms with Gasteiger partial charge in [-0.1, -0.05) is 34.6 Å². The van der Waals surface area contributed by atoms with Gasteiger partial charge in [-0.3, -0.25) is 9.89 Å². The molecule has 2 fully saturated rings. The van der Waals surface area contributed by atoms with E-state index in [-0.39, 0.29) is 10.8 Å². The molecule has 0 aromatic rings. The summed E-state index contributed by atoms with van der Waals surface area (Å²) < 4.78 is 5.44. The molecule has 23 heavy (non-hydrogen) atoms. The molecule has 1 saturated heterocycles. The van der Waals surface area contributed by atoms with E-state index in [1.165, 1.54) is 12.8 Å². The number of nitrogens with zero attached hydrogens (tertiary/aromatic N) is 2. The van der Waals surface area contributed by atoms with E-state index in [1.54, 1.807) is 0 Å². The van der Waals surface area contributed by atoms with Crippen LogP contribution in [0.1, 0.15) is 53.9 Å². The Kier molecular flexibility index (Phi) is 5.91. The normalized spacial score (nSPS) is 33.2. The number of morpholine rings is 1. The van der Waals surface area contributed by atoms with Crippen LogP contribution in [-0.2, 0) is 4.74 Å². The summed E-state index contributed by atoms with van der Waals surface area (Å²) in [4.78, 5) is 7.51. The molecule has 2 unspecified atom stereocenters. The third-order valence-corrected chi connectivity index (χ3v) is 5.28. The van der Waals surface area contributed by atoms with Gasteiger partial charge in [-0.2, -0.15) is 0 Å². The lowest BCUT2D eigenvalue weighted by atomic mass is 9.63. The van der Waals surface area contributed by atoms with Crippen molar-refractivity contribution in [2.45, 2.75) is 59.9 Å². The van der Waals surface area contributed by atoms with E-state index in [0.717, 1.165) is 45.8 Å². The van der Waals surface area contributed by atoms with Crippen molar-refractivity contribution in [1.82, 2.24) is 4.90 Å². The number of nitrogens with two attached hydrogens (primary N) is 1. The fraction of sp³-hybridized carbons (Fsp3) is 0.947. The average Bonchev–Trinajstić information content (AvgIpc) is 2.44. The van der Waals surface area contributed by atoms with Gasteiger partial charge in [0.25, 0.3) is 0 Å². The lowest BCUT2D eigenvalue weighted by Crippen LogP contribution is -2.43. The molecule has 4 nitrogen and oxygen atoms in total. The lowest BCUT2D eigenvalue weighted by Gasteiger charge is -2.45. The smallest absolute Gasteiger partial charge is 0.0594 e. The van der Waals surface area contributed by atoms with Crippen molar-refractivity contribution < 1.29 is 4.74 Å². The van der Waals surface area contributed by atoms with Crippen molar-refractivity contribution in [3.63, 3.8) is 0 Å². The van der Waals surface area contributed by atoms with Crippen molar-refractivity contribution in [3.8, 4) is 0 Å². The molecule has 2 N–H and O–H groups in total. The Morgan fingerprint density at radius 1 is 1.22 bits per heavy atom. The van der Waals surface area contributed by atoms with Gasteiger partial charge in [0.2, 0.25) is 0 Å². The zero-order chi connectivity index (χ0) is 17.1. The van der Waals surface area contributed by atoms with E-state index in [9.17, 15) is 0 Å². The van der Waals surface area contributed by atoms with Crippen LogP contribution in [0, 0.1) is 16.2 Å². The van der Waals surface area contributed by atoms with Crippen LogP contribution < -0.4 is 5.73 Å². The van der Waals surface area contributed by atoms with Crippen LogP contribution >= 0.6 is 0 Å². The van der Waals surface area contributed by atoms with Crippen molar-refractivity contribution in [2.75, 3.05) is 39.4 Å². The van der Waals surface area contributed by atoms with Crippen LogP contribution in [0.15, 0.2) is 4.99 Å². The summed E-state index contributed by atoms with van der Waals surface area (Å²) in [5, 5.41) is 0. The maximum Gasteiger partial charge on any atom is 0.0594 e. The molecule has 0 amide bonds. The topological polar surface area (TPSA) is 50.8 Å². The van der Waals surface area contributed by atoms with Crippen LogP contribution in [0.25, 0.3) is 0 Å². The van der Waals surface area contributed by atoms with E-state index in [4.69, 9.17) is 15.5 Å². The molecule has 1 aliphatic carbocycles. The molecule has 2 aliphatic rings. The predicted octanol–water partition coefficient (Wildman–Crippen LogP) is 2.96. The summed E-state index contributed by atoms with van der Waals surface area (Å²) in [6.45, 7) is 17.3. The van der Waals surface area contributed by atoms with Gasteiger partial charge in [0.1, 0.15) is 0 Å². The highest BCUT2D eigenvalue weighted by atomic mass is 16.5. The molecule has 0 aromatic heterocycles. The number of aliphatic imine (C=N–C) groups is 1. The van der Waals surface area contributed by atoms with Crippen LogP contribution in [0.2, 0.25) is 0 Å². The minimum atomic E-state index is 0.109. The molecule has 2 atom stereocenters. The Morgan fingerprint density at radius 2 is 1.87 bits per heavy atom. The Bertz CT molecular complexity index is 413. The SMILES string of the molecule is CC(C)(/C=N\C1CC(C)(C)CC(C)(CN)C1)CN1CCOCC1. The maximum absolute atomic E-state index is 6.06. The van der Waals surface area contributed by atoms with E-state index >= 15 is 0 Å². The van der Waals surface area contributed by atoms with Gasteiger partial charge in [-0.05, 0) is 36.6 Å². The summed E-state index contributed by atoms with van der Waals surface area (Å²) in [6.07, 6.45) is 5.72. The summed E-state index contributed by atoms with van der Waals surface area (Å²) >= 11 is 0. The zero-order valence-electron chi connectivity index (χ0n) is 15.9. The van der Waals surface area contributed by atoms with Crippen LogP contribution in [0.3, 0.4) is 0 Å². The molecule has 0 spiro atoms. The third kappa shape index (κ3) is 5.84. The molecule has 1 aliphatic heterocycles. The zero-order valence-corrected chi connectivity index (χ0v) is 15.9. The van der Waals surface area contributed by atoms with E-state index < -0.39 is 0 Å². The predicted molar refractivity (Wildman–Crippen MR) is 98.1 cm³/mol. The maximum atomic E-state index is 6.06. The molecule has 0 aromatic carbocycles. The standard InChI is InChI=1S/C19H37N3O/c1-17(2)10-16(11-19(5,12-17)13-20)21-14-18(3,4)15-22-6-8-23-9-7-22/h14,16H,6-13,15,20H2,1-5H3/b21-14-. The van der Waals surface area contributed by atoms with E-state index in [1.807, 2.05) is 0 Å². The Balaban J connectivity index is 1.96. The van der Waals surface area contributed by atoms with Crippen molar-refractivity contribution in [3.05, 3.63) is 0 Å². The highest BCUT2D eigenvalue weighted by Gasteiger charge is 2.40. The van der Waals surface area contributed by atoms with Crippen molar-refractivity contribution in [2.24, 2.45) is 27.0 Å². The number of ether oxygens (including phenoxy) is 1. The number of hydrogen-bond acceptors (Lipinski definition) is 4. The fourth-order valence-electron chi connectivity index (χ4n) is 4.52. The first-order valence-electron chi connectivity index (χ1n) is 9.18. The van der Waals surface area contributed by atoms with Gasteiger partial charge in [-0.25, -0.2) is 0 Å². The quantitative estimate of drug-likeness (QED) is 0.791. The molecule has 1 saturated carbocycles. The Morgan fingerprint density at radius 3 is 2.48 bits per heavy atom. The minimum Gasteiger partial charge on any atom is -0.379 e. The molecule has 1 heterocycles. The summed E-state index contributed by atoms with van der Waals surface area (Å²) in [5.74, 6) is 0.